The molecule has 1 aromatic heterocycles. The average Bonchev–Trinajstić information content (AvgIpc) is 2.98. The number of rotatable bonds is 3. The minimum absolute atomic E-state index is 0.221. The van der Waals surface area contributed by atoms with Crippen LogP contribution in [0, 0.1) is 0 Å². The van der Waals surface area contributed by atoms with Crippen LogP contribution in [0.2, 0.25) is 0 Å². The van der Waals surface area contributed by atoms with E-state index in [0.29, 0.717) is 11.5 Å². The van der Waals surface area contributed by atoms with E-state index in [2.05, 4.69) is 5.32 Å². The first-order valence-electron chi connectivity index (χ1n) is 7.12. The van der Waals surface area contributed by atoms with Gasteiger partial charge in [0.2, 0.25) is 0 Å². The van der Waals surface area contributed by atoms with Crippen LogP contribution >= 0.6 is 0 Å². The lowest BCUT2D eigenvalue weighted by molar-refractivity contribution is -0.0332. The van der Waals surface area contributed by atoms with Gasteiger partial charge in [0.15, 0.2) is 11.5 Å². The number of hydroxylamine groups is 2. The molecule has 7 heteroatoms. The number of hydrogen-bond donors (Lipinski definition) is 2. The summed E-state index contributed by atoms with van der Waals surface area (Å²) in [5.74, 6) is 1.03. The summed E-state index contributed by atoms with van der Waals surface area (Å²) in [6, 6.07) is 5.19. The van der Waals surface area contributed by atoms with Gasteiger partial charge in [-0.15, -0.1) is 0 Å². The fourth-order valence-corrected chi connectivity index (χ4v) is 2.37. The molecule has 1 atom stereocenters. The Morgan fingerprint density at radius 2 is 2.13 bits per heavy atom. The number of nitrogens with one attached hydrogen (secondary N) is 1. The number of ether oxygens (including phenoxy) is 1. The molecule has 120 valence electrons. The van der Waals surface area contributed by atoms with Crippen molar-refractivity contribution < 1.29 is 14.4 Å². The molecule has 3 N–H and O–H groups in total. The third kappa shape index (κ3) is 2.74. The van der Waals surface area contributed by atoms with Crippen molar-refractivity contribution in [1.29, 1.82) is 0 Å². The van der Waals surface area contributed by atoms with Crippen molar-refractivity contribution in [3.63, 3.8) is 0 Å². The molecule has 2 aromatic rings. The van der Waals surface area contributed by atoms with E-state index in [9.17, 15) is 4.79 Å². The van der Waals surface area contributed by atoms with E-state index in [1.54, 1.807) is 32.6 Å². The van der Waals surface area contributed by atoms with E-state index < -0.39 is 0 Å². The van der Waals surface area contributed by atoms with E-state index in [1.807, 2.05) is 30.4 Å². The number of nitrogens with zero attached hydrogens (tertiary/aromatic N) is 2. The molecule has 1 aliphatic heterocycles. The zero-order valence-electron chi connectivity index (χ0n) is 12.9. The zero-order valence-corrected chi connectivity index (χ0v) is 12.9. The van der Waals surface area contributed by atoms with Crippen molar-refractivity contribution in [2.75, 3.05) is 14.2 Å². The molecule has 1 amide bonds. The maximum Gasteiger partial charge on any atom is 0.325 e. The summed E-state index contributed by atoms with van der Waals surface area (Å²) in [7, 11) is 3.13. The molecule has 0 saturated carbocycles. The van der Waals surface area contributed by atoms with Crippen molar-refractivity contribution in [3.8, 4) is 11.5 Å². The molecule has 0 spiro atoms. The zero-order chi connectivity index (χ0) is 16.4. The minimum Gasteiger partial charge on any atom is -0.493 e. The number of hydrogen-bond acceptors (Lipinski definition) is 5. The second-order valence-corrected chi connectivity index (χ2v) is 4.97. The summed E-state index contributed by atoms with van der Waals surface area (Å²) in [4.78, 5) is 17.7. The number of aromatic nitrogens is 1. The first kappa shape index (κ1) is 15.0. The molecule has 0 saturated heterocycles. The number of nitrogens with two attached hydrogens (primary N) is 1. The fraction of sp³-hybridized carbons (Fsp3) is 0.188. The van der Waals surface area contributed by atoms with Crippen molar-refractivity contribution in [3.05, 3.63) is 48.8 Å². The quantitative estimate of drug-likeness (QED) is 0.903. The minimum atomic E-state index is -0.379. The van der Waals surface area contributed by atoms with Gasteiger partial charge in [-0.1, -0.05) is 6.08 Å². The fourth-order valence-electron chi connectivity index (χ4n) is 2.37. The molecule has 1 aromatic carbocycles. The molecule has 3 rings (SSSR count). The van der Waals surface area contributed by atoms with E-state index in [1.165, 1.54) is 9.63 Å². The number of fused-ring (bicyclic) bond motifs is 1. The highest BCUT2D eigenvalue weighted by molar-refractivity contribution is 5.93. The maximum atomic E-state index is 11.9. The van der Waals surface area contributed by atoms with Gasteiger partial charge >= 0.3 is 6.03 Å². The number of benzene rings is 1. The van der Waals surface area contributed by atoms with Crippen molar-refractivity contribution in [2.24, 2.45) is 5.73 Å². The van der Waals surface area contributed by atoms with E-state index in [4.69, 9.17) is 15.3 Å². The second kappa shape index (κ2) is 6.05. The Kier molecular flexibility index (Phi) is 3.94. The molecule has 0 radical (unpaired) electrons. The molecule has 1 unspecified atom stereocenters. The van der Waals surface area contributed by atoms with Gasteiger partial charge < -0.3 is 20.6 Å². The standard InChI is InChI=1S/C16H18N4O3/c1-18-16(21)19-8-6-11-9-14(13(22-2)10-12(11)19)23-20-7-4-3-5-15(20)17/h3-10,15H,17H2,1-2H3,(H,18,21). The van der Waals surface area contributed by atoms with Crippen LogP contribution in [-0.4, -0.2) is 36.0 Å². The Labute approximate surface area is 133 Å². The molecular weight excluding hydrogens is 296 g/mol. The Morgan fingerprint density at radius 1 is 1.30 bits per heavy atom. The number of allylic oxidation sites excluding steroid dienone is 2. The van der Waals surface area contributed by atoms with Gasteiger partial charge in [0.25, 0.3) is 0 Å². The van der Waals surface area contributed by atoms with Gasteiger partial charge in [0.05, 0.1) is 12.6 Å². The Morgan fingerprint density at radius 3 is 2.83 bits per heavy atom. The van der Waals surface area contributed by atoms with Crippen LogP contribution in [-0.2, 0) is 0 Å². The second-order valence-electron chi connectivity index (χ2n) is 4.97. The third-order valence-electron chi connectivity index (χ3n) is 3.56. The van der Waals surface area contributed by atoms with Gasteiger partial charge in [0, 0.05) is 30.9 Å². The molecule has 1 aliphatic rings. The summed E-state index contributed by atoms with van der Waals surface area (Å²) < 4.78 is 6.90. The van der Waals surface area contributed by atoms with E-state index in [0.717, 1.165) is 10.9 Å². The van der Waals surface area contributed by atoms with Crippen LogP contribution in [0.25, 0.3) is 10.9 Å². The summed E-state index contributed by atoms with van der Waals surface area (Å²) in [6.45, 7) is 0. The molecule has 0 bridgehead atoms. The molecular formula is C16H18N4O3. The van der Waals surface area contributed by atoms with Crippen molar-refractivity contribution >= 4 is 16.9 Å². The summed E-state index contributed by atoms with van der Waals surface area (Å²) in [6.07, 6.45) is 8.56. The normalized spacial score (nSPS) is 16.7. The number of carbonyl (C=O) groups excluding carboxylic acids is 1. The van der Waals surface area contributed by atoms with Gasteiger partial charge in [0.1, 0.15) is 6.17 Å². The third-order valence-corrected chi connectivity index (χ3v) is 3.56. The Bertz CT molecular complexity index is 794. The van der Waals surface area contributed by atoms with Gasteiger partial charge in [-0.25, -0.2) is 4.79 Å². The van der Waals surface area contributed by atoms with Gasteiger partial charge in [-0.05, 0) is 24.3 Å². The molecule has 2 heterocycles. The van der Waals surface area contributed by atoms with Crippen LogP contribution in [0.3, 0.4) is 0 Å². The largest absolute Gasteiger partial charge is 0.493 e. The summed E-state index contributed by atoms with van der Waals surface area (Å²) >= 11 is 0. The van der Waals surface area contributed by atoms with Gasteiger partial charge in [-0.2, -0.15) is 5.06 Å². The van der Waals surface area contributed by atoms with Crippen molar-refractivity contribution in [1.82, 2.24) is 14.9 Å². The molecule has 23 heavy (non-hydrogen) atoms. The van der Waals surface area contributed by atoms with E-state index >= 15 is 0 Å². The predicted octanol–water partition coefficient (Wildman–Crippen LogP) is 1.80. The first-order valence-corrected chi connectivity index (χ1v) is 7.12. The van der Waals surface area contributed by atoms with Crippen LogP contribution in [0.1, 0.15) is 0 Å². The lowest BCUT2D eigenvalue weighted by Crippen LogP contribution is -2.40. The van der Waals surface area contributed by atoms with E-state index in [-0.39, 0.29) is 12.2 Å². The molecule has 0 fully saturated rings. The number of carbonyl (C=O) groups is 1. The van der Waals surface area contributed by atoms with Crippen molar-refractivity contribution in [2.45, 2.75) is 6.17 Å². The number of amides is 1. The Balaban J connectivity index is 1.99. The Hall–Kier alpha value is -2.93. The smallest absolute Gasteiger partial charge is 0.325 e. The van der Waals surface area contributed by atoms with Crippen LogP contribution in [0.15, 0.2) is 48.8 Å². The SMILES string of the molecule is CNC(=O)n1ccc2cc(ON3C=CC=CC3N)c(OC)cc21. The topological polar surface area (TPSA) is 81.8 Å². The summed E-state index contributed by atoms with van der Waals surface area (Å²) in [5.41, 5.74) is 6.69. The molecule has 0 aliphatic carbocycles. The summed E-state index contributed by atoms with van der Waals surface area (Å²) in [5, 5.41) is 4.98. The number of methoxy groups -OCH3 is 1. The molecule has 7 nitrogen and oxygen atoms in total. The predicted molar refractivity (Wildman–Crippen MR) is 87.1 cm³/mol. The monoisotopic (exact) mass is 314 g/mol. The maximum absolute atomic E-state index is 11.9. The lowest BCUT2D eigenvalue weighted by Gasteiger charge is -2.27. The highest BCUT2D eigenvalue weighted by Gasteiger charge is 2.17. The lowest BCUT2D eigenvalue weighted by atomic mass is 10.2. The highest BCUT2D eigenvalue weighted by Crippen LogP contribution is 2.34. The van der Waals surface area contributed by atoms with Gasteiger partial charge in [-0.3, -0.25) is 4.57 Å². The average molecular weight is 314 g/mol. The van der Waals surface area contributed by atoms with Crippen LogP contribution < -0.4 is 20.6 Å². The first-order chi connectivity index (χ1) is 11.1. The van der Waals surface area contributed by atoms with Crippen LogP contribution in [0.4, 0.5) is 4.79 Å². The van der Waals surface area contributed by atoms with Crippen LogP contribution in [0.5, 0.6) is 11.5 Å². The highest BCUT2D eigenvalue weighted by atomic mass is 16.7.